The van der Waals surface area contributed by atoms with Crippen LogP contribution in [0.2, 0.25) is 10.0 Å². The standard InChI is InChI=1S/C23H25Cl2N5OS/c1-4-13-30-22(16-7-10-18(11-8-16)29(5-2)6-3)27-28-23(30)32-15-21(31)26-20-12-9-17(24)14-19(20)25/h4,7-12,14H,1,5-6,13,15H2,2-3H3,(H,26,31). The summed E-state index contributed by atoms with van der Waals surface area (Å²) < 4.78 is 1.95. The topological polar surface area (TPSA) is 63.1 Å². The summed E-state index contributed by atoms with van der Waals surface area (Å²) in [4.78, 5) is 14.7. The van der Waals surface area contributed by atoms with E-state index in [1.54, 1.807) is 24.3 Å². The van der Waals surface area contributed by atoms with E-state index in [0.717, 1.165) is 24.5 Å². The first kappa shape index (κ1) is 24.2. The minimum absolute atomic E-state index is 0.162. The van der Waals surface area contributed by atoms with Gasteiger partial charge in [-0.15, -0.1) is 16.8 Å². The lowest BCUT2D eigenvalue weighted by Gasteiger charge is -2.21. The molecule has 2 aromatic carbocycles. The molecular formula is C23H25Cl2N5OS. The Balaban J connectivity index is 1.73. The average Bonchev–Trinajstić information content (AvgIpc) is 3.18. The monoisotopic (exact) mass is 489 g/mol. The van der Waals surface area contributed by atoms with Gasteiger partial charge >= 0.3 is 0 Å². The first-order chi connectivity index (χ1) is 15.5. The van der Waals surface area contributed by atoms with Crippen molar-refractivity contribution in [2.45, 2.75) is 25.5 Å². The van der Waals surface area contributed by atoms with E-state index in [0.29, 0.717) is 27.4 Å². The van der Waals surface area contributed by atoms with Crippen LogP contribution in [0.5, 0.6) is 0 Å². The lowest BCUT2D eigenvalue weighted by Crippen LogP contribution is -2.21. The van der Waals surface area contributed by atoms with Gasteiger partial charge in [0.05, 0.1) is 16.5 Å². The number of hydrogen-bond donors (Lipinski definition) is 1. The van der Waals surface area contributed by atoms with Crippen molar-refractivity contribution in [2.24, 2.45) is 0 Å². The predicted octanol–water partition coefficient (Wildman–Crippen LogP) is 6.01. The van der Waals surface area contributed by atoms with Gasteiger partial charge < -0.3 is 10.2 Å². The highest BCUT2D eigenvalue weighted by atomic mass is 35.5. The minimum Gasteiger partial charge on any atom is -0.372 e. The number of benzene rings is 2. The zero-order chi connectivity index (χ0) is 23.1. The van der Waals surface area contributed by atoms with Crippen LogP contribution in [0.1, 0.15) is 13.8 Å². The molecule has 0 atom stereocenters. The van der Waals surface area contributed by atoms with Crippen molar-refractivity contribution in [3.8, 4) is 11.4 Å². The minimum atomic E-state index is -0.197. The zero-order valence-electron chi connectivity index (χ0n) is 18.0. The van der Waals surface area contributed by atoms with Gasteiger partial charge in [0.15, 0.2) is 11.0 Å². The number of amides is 1. The molecule has 0 aliphatic carbocycles. The van der Waals surface area contributed by atoms with E-state index in [4.69, 9.17) is 23.2 Å². The Kier molecular flexibility index (Phi) is 8.61. The van der Waals surface area contributed by atoms with E-state index in [9.17, 15) is 4.79 Å². The number of rotatable bonds is 10. The van der Waals surface area contributed by atoms with Gasteiger partial charge in [0.1, 0.15) is 0 Å². The summed E-state index contributed by atoms with van der Waals surface area (Å²) in [6.07, 6.45) is 1.79. The van der Waals surface area contributed by atoms with Crippen molar-refractivity contribution in [1.29, 1.82) is 0 Å². The molecule has 0 bridgehead atoms. The second-order valence-corrected chi connectivity index (χ2v) is 8.67. The van der Waals surface area contributed by atoms with Gasteiger partial charge in [0.25, 0.3) is 0 Å². The lowest BCUT2D eigenvalue weighted by molar-refractivity contribution is -0.113. The molecule has 0 unspecified atom stereocenters. The van der Waals surface area contributed by atoms with Gasteiger partial charge in [-0.3, -0.25) is 9.36 Å². The summed E-state index contributed by atoms with van der Waals surface area (Å²) in [5.41, 5.74) is 2.64. The molecule has 32 heavy (non-hydrogen) atoms. The molecule has 0 aliphatic rings. The lowest BCUT2D eigenvalue weighted by atomic mass is 10.2. The number of hydrogen-bond acceptors (Lipinski definition) is 5. The number of allylic oxidation sites excluding steroid dienone is 1. The van der Waals surface area contributed by atoms with Gasteiger partial charge in [-0.1, -0.05) is 41.0 Å². The fourth-order valence-electron chi connectivity index (χ4n) is 3.22. The van der Waals surface area contributed by atoms with Gasteiger partial charge in [0.2, 0.25) is 5.91 Å². The van der Waals surface area contributed by atoms with Crippen LogP contribution < -0.4 is 10.2 Å². The molecule has 6 nitrogen and oxygen atoms in total. The Bertz CT molecular complexity index is 1080. The number of carbonyl (C=O) groups is 1. The Morgan fingerprint density at radius 1 is 1.16 bits per heavy atom. The Labute approximate surface area is 202 Å². The zero-order valence-corrected chi connectivity index (χ0v) is 20.3. The summed E-state index contributed by atoms with van der Waals surface area (Å²) in [6.45, 7) is 10.6. The third-order valence-electron chi connectivity index (χ3n) is 4.82. The largest absolute Gasteiger partial charge is 0.372 e. The molecule has 0 spiro atoms. The van der Waals surface area contributed by atoms with Crippen LogP contribution in [-0.4, -0.2) is 39.5 Å². The second kappa shape index (κ2) is 11.4. The molecule has 0 saturated carbocycles. The van der Waals surface area contributed by atoms with Crippen molar-refractivity contribution in [1.82, 2.24) is 14.8 Å². The maximum Gasteiger partial charge on any atom is 0.234 e. The SMILES string of the molecule is C=CCn1c(SCC(=O)Nc2ccc(Cl)cc2Cl)nnc1-c1ccc(N(CC)CC)cc1. The number of halogens is 2. The Morgan fingerprint density at radius 3 is 2.50 bits per heavy atom. The quantitative estimate of drug-likeness (QED) is 0.278. The van der Waals surface area contributed by atoms with Crippen molar-refractivity contribution in [2.75, 3.05) is 29.1 Å². The molecule has 0 aliphatic heterocycles. The van der Waals surface area contributed by atoms with E-state index in [1.165, 1.54) is 17.4 Å². The predicted molar refractivity (Wildman–Crippen MR) is 135 cm³/mol. The first-order valence-electron chi connectivity index (χ1n) is 10.2. The molecule has 168 valence electrons. The smallest absolute Gasteiger partial charge is 0.234 e. The molecule has 3 rings (SSSR count). The molecule has 3 aromatic rings. The van der Waals surface area contributed by atoms with Crippen LogP contribution >= 0.6 is 35.0 Å². The van der Waals surface area contributed by atoms with Gasteiger partial charge in [0, 0.05) is 35.9 Å². The first-order valence-corrected chi connectivity index (χ1v) is 12.0. The second-order valence-electron chi connectivity index (χ2n) is 6.89. The molecule has 0 radical (unpaired) electrons. The number of anilines is 2. The maximum absolute atomic E-state index is 12.4. The highest BCUT2D eigenvalue weighted by Gasteiger charge is 2.16. The summed E-state index contributed by atoms with van der Waals surface area (Å²) >= 11 is 13.3. The summed E-state index contributed by atoms with van der Waals surface area (Å²) in [7, 11) is 0. The Morgan fingerprint density at radius 2 is 1.88 bits per heavy atom. The van der Waals surface area contributed by atoms with Crippen LogP contribution in [0.4, 0.5) is 11.4 Å². The van der Waals surface area contributed by atoms with Gasteiger partial charge in [-0.05, 0) is 56.3 Å². The van der Waals surface area contributed by atoms with E-state index in [-0.39, 0.29) is 11.7 Å². The highest BCUT2D eigenvalue weighted by molar-refractivity contribution is 7.99. The van der Waals surface area contributed by atoms with Crippen LogP contribution in [0.3, 0.4) is 0 Å². The average molecular weight is 490 g/mol. The number of thioether (sulfide) groups is 1. The summed E-state index contributed by atoms with van der Waals surface area (Å²) in [5.74, 6) is 0.701. The maximum atomic E-state index is 12.4. The molecule has 1 heterocycles. The fraction of sp³-hybridized carbons (Fsp3) is 0.261. The number of carbonyl (C=O) groups excluding carboxylic acids is 1. The number of nitrogens with one attached hydrogen (secondary N) is 1. The number of aromatic nitrogens is 3. The molecule has 9 heteroatoms. The molecule has 0 fully saturated rings. The van der Waals surface area contributed by atoms with Crippen LogP contribution in [0.15, 0.2) is 60.3 Å². The fourth-order valence-corrected chi connectivity index (χ4v) is 4.42. The molecule has 1 aromatic heterocycles. The molecular weight excluding hydrogens is 465 g/mol. The van der Waals surface area contributed by atoms with Crippen molar-refractivity contribution in [3.63, 3.8) is 0 Å². The van der Waals surface area contributed by atoms with E-state index in [1.807, 2.05) is 16.7 Å². The van der Waals surface area contributed by atoms with E-state index >= 15 is 0 Å². The van der Waals surface area contributed by atoms with Crippen molar-refractivity contribution in [3.05, 3.63) is 65.2 Å². The third-order valence-corrected chi connectivity index (χ3v) is 6.33. The van der Waals surface area contributed by atoms with Crippen LogP contribution in [0, 0.1) is 0 Å². The van der Waals surface area contributed by atoms with Gasteiger partial charge in [-0.2, -0.15) is 0 Å². The normalized spacial score (nSPS) is 10.8. The van der Waals surface area contributed by atoms with Gasteiger partial charge in [-0.25, -0.2) is 0 Å². The molecule has 0 saturated heterocycles. The third kappa shape index (κ3) is 5.85. The molecule has 1 amide bonds. The Hall–Kier alpha value is -2.48. The highest BCUT2D eigenvalue weighted by Crippen LogP contribution is 2.28. The number of nitrogens with zero attached hydrogens (tertiary/aromatic N) is 4. The van der Waals surface area contributed by atoms with E-state index < -0.39 is 0 Å². The van der Waals surface area contributed by atoms with Crippen LogP contribution in [0.25, 0.3) is 11.4 Å². The van der Waals surface area contributed by atoms with Crippen molar-refractivity contribution < 1.29 is 4.79 Å². The summed E-state index contributed by atoms with van der Waals surface area (Å²) in [6, 6.07) is 13.2. The van der Waals surface area contributed by atoms with Crippen molar-refractivity contribution >= 4 is 52.2 Å². The van der Waals surface area contributed by atoms with Crippen LogP contribution in [-0.2, 0) is 11.3 Å². The van der Waals surface area contributed by atoms with E-state index in [2.05, 4.69) is 53.0 Å². The molecule has 1 N–H and O–H groups in total. The summed E-state index contributed by atoms with van der Waals surface area (Å²) in [5, 5.41) is 13.0.